The zero-order valence-corrected chi connectivity index (χ0v) is 20.5. The SMILES string of the molecule is COc1cc(OC)c(NC(=O)N2Cc3ccccc3-n3cccc3C2c2cccc(C)c2)cc1Cl. The number of ether oxygens (including phenoxy) is 2. The number of anilines is 1. The number of aromatic nitrogens is 1. The van der Waals surface area contributed by atoms with Crippen molar-refractivity contribution >= 4 is 23.3 Å². The molecule has 1 aliphatic heterocycles. The van der Waals surface area contributed by atoms with E-state index >= 15 is 0 Å². The number of urea groups is 1. The second-order valence-corrected chi connectivity index (χ2v) is 8.90. The third-order valence-electron chi connectivity index (χ3n) is 6.30. The maximum Gasteiger partial charge on any atom is 0.323 e. The van der Waals surface area contributed by atoms with Gasteiger partial charge in [-0.15, -0.1) is 0 Å². The molecule has 0 fully saturated rings. The zero-order chi connectivity index (χ0) is 24.5. The van der Waals surface area contributed by atoms with Crippen LogP contribution in [0.25, 0.3) is 5.69 Å². The summed E-state index contributed by atoms with van der Waals surface area (Å²) >= 11 is 6.37. The van der Waals surface area contributed by atoms with Crippen LogP contribution in [0.4, 0.5) is 10.5 Å². The number of nitrogens with zero attached hydrogens (tertiary/aromatic N) is 2. The van der Waals surface area contributed by atoms with Crippen LogP contribution in [-0.4, -0.2) is 29.7 Å². The number of amides is 2. The molecule has 0 saturated heterocycles. The molecule has 6 nitrogen and oxygen atoms in total. The number of benzene rings is 3. The van der Waals surface area contributed by atoms with Crippen molar-refractivity contribution in [1.82, 2.24) is 9.47 Å². The largest absolute Gasteiger partial charge is 0.495 e. The second-order valence-electron chi connectivity index (χ2n) is 8.49. The van der Waals surface area contributed by atoms with Crippen LogP contribution in [-0.2, 0) is 6.54 Å². The average molecular weight is 488 g/mol. The van der Waals surface area contributed by atoms with Crippen molar-refractivity contribution in [2.24, 2.45) is 0 Å². The molecule has 7 heteroatoms. The Morgan fingerprint density at radius 1 is 0.971 bits per heavy atom. The molecule has 3 aromatic carbocycles. The molecule has 0 bridgehead atoms. The maximum absolute atomic E-state index is 13.9. The lowest BCUT2D eigenvalue weighted by Gasteiger charge is -2.31. The Bertz CT molecular complexity index is 1400. The molecular formula is C28H26ClN3O3. The Hall–Kier alpha value is -3.90. The van der Waals surface area contributed by atoms with E-state index < -0.39 is 0 Å². The van der Waals surface area contributed by atoms with E-state index in [2.05, 4.69) is 53.2 Å². The predicted molar refractivity (Wildman–Crippen MR) is 138 cm³/mol. The molecule has 2 heterocycles. The topological polar surface area (TPSA) is 55.7 Å². The third kappa shape index (κ3) is 4.21. The summed E-state index contributed by atoms with van der Waals surface area (Å²) in [5.41, 5.74) is 5.76. The molecule has 5 rings (SSSR count). The number of halogens is 1. The average Bonchev–Trinajstić information content (AvgIpc) is 3.28. The Kier molecular flexibility index (Phi) is 6.14. The van der Waals surface area contributed by atoms with Crippen molar-refractivity contribution in [2.75, 3.05) is 19.5 Å². The molecule has 1 unspecified atom stereocenters. The highest BCUT2D eigenvalue weighted by Crippen LogP contribution is 2.39. The molecule has 0 radical (unpaired) electrons. The first kappa shape index (κ1) is 22.9. The maximum atomic E-state index is 13.9. The Balaban J connectivity index is 1.62. The van der Waals surface area contributed by atoms with Crippen molar-refractivity contribution in [1.29, 1.82) is 0 Å². The third-order valence-corrected chi connectivity index (χ3v) is 6.59. The summed E-state index contributed by atoms with van der Waals surface area (Å²) in [4.78, 5) is 15.8. The van der Waals surface area contributed by atoms with Gasteiger partial charge in [0.2, 0.25) is 0 Å². The highest BCUT2D eigenvalue weighted by molar-refractivity contribution is 6.32. The molecule has 4 aromatic rings. The van der Waals surface area contributed by atoms with E-state index in [0.29, 0.717) is 28.8 Å². The zero-order valence-electron chi connectivity index (χ0n) is 19.8. The lowest BCUT2D eigenvalue weighted by atomic mass is 10.00. The highest BCUT2D eigenvalue weighted by atomic mass is 35.5. The number of hydrogen-bond donors (Lipinski definition) is 1. The summed E-state index contributed by atoms with van der Waals surface area (Å²) in [6.45, 7) is 2.48. The van der Waals surface area contributed by atoms with Gasteiger partial charge in [0.25, 0.3) is 0 Å². The first-order chi connectivity index (χ1) is 17.0. The van der Waals surface area contributed by atoms with Crippen LogP contribution in [0.2, 0.25) is 5.02 Å². The summed E-state index contributed by atoms with van der Waals surface area (Å²) in [5, 5.41) is 3.42. The Morgan fingerprint density at radius 2 is 1.77 bits per heavy atom. The lowest BCUT2D eigenvalue weighted by Crippen LogP contribution is -2.38. The molecule has 1 atom stereocenters. The highest BCUT2D eigenvalue weighted by Gasteiger charge is 2.33. The van der Waals surface area contributed by atoms with E-state index in [-0.39, 0.29) is 12.1 Å². The molecule has 0 aliphatic carbocycles. The molecule has 178 valence electrons. The summed E-state index contributed by atoms with van der Waals surface area (Å²) < 4.78 is 13.0. The molecular weight excluding hydrogens is 462 g/mol. The monoisotopic (exact) mass is 487 g/mol. The quantitative estimate of drug-likeness (QED) is 0.353. The minimum absolute atomic E-state index is 0.263. The number of fused-ring (bicyclic) bond motifs is 3. The van der Waals surface area contributed by atoms with Crippen molar-refractivity contribution < 1.29 is 14.3 Å². The minimum Gasteiger partial charge on any atom is -0.495 e. The van der Waals surface area contributed by atoms with Crippen LogP contribution in [0, 0.1) is 6.92 Å². The van der Waals surface area contributed by atoms with Gasteiger partial charge in [-0.05, 0) is 42.3 Å². The minimum atomic E-state index is -0.308. The van der Waals surface area contributed by atoms with Gasteiger partial charge >= 0.3 is 6.03 Å². The molecule has 0 spiro atoms. The van der Waals surface area contributed by atoms with Crippen LogP contribution in [0.3, 0.4) is 0 Å². The van der Waals surface area contributed by atoms with Gasteiger partial charge in [-0.3, -0.25) is 0 Å². The number of rotatable bonds is 4. The van der Waals surface area contributed by atoms with Gasteiger partial charge in [0.1, 0.15) is 11.5 Å². The number of nitrogens with one attached hydrogen (secondary N) is 1. The van der Waals surface area contributed by atoms with E-state index in [1.54, 1.807) is 19.2 Å². The van der Waals surface area contributed by atoms with E-state index in [0.717, 1.165) is 28.1 Å². The molecule has 2 amide bonds. The van der Waals surface area contributed by atoms with Gasteiger partial charge in [-0.2, -0.15) is 0 Å². The van der Waals surface area contributed by atoms with Gasteiger partial charge < -0.3 is 24.3 Å². The van der Waals surface area contributed by atoms with E-state index in [4.69, 9.17) is 21.1 Å². The van der Waals surface area contributed by atoms with Gasteiger partial charge in [0.15, 0.2) is 0 Å². The molecule has 1 aliphatic rings. The fourth-order valence-electron chi connectivity index (χ4n) is 4.68. The van der Waals surface area contributed by atoms with Crippen LogP contribution in [0.1, 0.15) is 28.4 Å². The molecule has 0 saturated carbocycles. The van der Waals surface area contributed by atoms with Crippen molar-refractivity contribution in [3.63, 3.8) is 0 Å². The summed E-state index contributed by atoms with van der Waals surface area (Å²) in [6, 6.07) is 23.3. The van der Waals surface area contributed by atoms with Crippen LogP contribution in [0.15, 0.2) is 79.0 Å². The number of methoxy groups -OCH3 is 2. The molecule has 35 heavy (non-hydrogen) atoms. The number of para-hydroxylation sites is 1. The lowest BCUT2D eigenvalue weighted by molar-refractivity contribution is 0.194. The first-order valence-corrected chi connectivity index (χ1v) is 11.7. The van der Waals surface area contributed by atoms with Crippen molar-refractivity contribution in [2.45, 2.75) is 19.5 Å². The van der Waals surface area contributed by atoms with Crippen molar-refractivity contribution in [3.05, 3.63) is 106 Å². The normalized spacial score (nSPS) is 14.5. The Morgan fingerprint density at radius 3 is 2.54 bits per heavy atom. The van der Waals surface area contributed by atoms with E-state index in [9.17, 15) is 4.79 Å². The summed E-state index contributed by atoms with van der Waals surface area (Å²) in [5.74, 6) is 0.936. The summed E-state index contributed by atoms with van der Waals surface area (Å²) in [6.07, 6.45) is 2.05. The van der Waals surface area contributed by atoms with Gasteiger partial charge in [-0.25, -0.2) is 4.79 Å². The number of carbonyl (C=O) groups is 1. The van der Waals surface area contributed by atoms with Crippen LogP contribution >= 0.6 is 11.6 Å². The van der Waals surface area contributed by atoms with Gasteiger partial charge in [0, 0.05) is 18.0 Å². The predicted octanol–water partition coefficient (Wildman–Crippen LogP) is 6.59. The second kappa shape index (κ2) is 9.39. The fourth-order valence-corrected chi connectivity index (χ4v) is 4.92. The number of carbonyl (C=O) groups excluding carboxylic acids is 1. The van der Waals surface area contributed by atoms with Crippen LogP contribution in [0.5, 0.6) is 11.5 Å². The molecule has 1 N–H and O–H groups in total. The van der Waals surface area contributed by atoms with Gasteiger partial charge in [-0.1, -0.05) is 59.6 Å². The van der Waals surface area contributed by atoms with Gasteiger partial charge in [0.05, 0.1) is 43.2 Å². The summed E-state index contributed by atoms with van der Waals surface area (Å²) in [7, 11) is 3.08. The van der Waals surface area contributed by atoms with Crippen LogP contribution < -0.4 is 14.8 Å². The number of aryl methyl sites for hydroxylation is 1. The fraction of sp³-hybridized carbons (Fsp3) is 0.179. The number of hydrogen-bond acceptors (Lipinski definition) is 3. The Labute approximate surface area is 209 Å². The smallest absolute Gasteiger partial charge is 0.323 e. The van der Waals surface area contributed by atoms with E-state index in [1.807, 2.05) is 35.4 Å². The first-order valence-electron chi connectivity index (χ1n) is 11.3. The molecule has 1 aromatic heterocycles. The standard InChI is InChI=1S/C28H26ClN3O3/c1-18-8-6-10-19(14-18)27-24-12-7-13-31(24)23-11-5-4-9-20(23)17-32(27)28(33)30-22-15-21(29)25(34-2)16-26(22)35-3/h4-16,27H,17H2,1-3H3,(H,30,33). The van der Waals surface area contributed by atoms with E-state index in [1.165, 1.54) is 7.11 Å². The van der Waals surface area contributed by atoms with Crippen molar-refractivity contribution in [3.8, 4) is 17.2 Å².